The minimum absolute atomic E-state index is 0.580. The highest BCUT2D eigenvalue weighted by Crippen LogP contribution is 2.21. The third-order valence-electron chi connectivity index (χ3n) is 3.71. The number of anilines is 1. The van der Waals surface area contributed by atoms with Crippen molar-refractivity contribution >= 4 is 28.5 Å². The molecule has 0 aliphatic heterocycles. The van der Waals surface area contributed by atoms with Crippen molar-refractivity contribution in [1.82, 2.24) is 9.88 Å². The lowest BCUT2D eigenvalue weighted by atomic mass is 10.1. The zero-order chi connectivity index (χ0) is 14.5. The Hall–Kier alpha value is -1.26. The third kappa shape index (κ3) is 3.44. The molecule has 1 aromatic carbocycles. The first kappa shape index (κ1) is 15.1. The van der Waals surface area contributed by atoms with E-state index in [0.29, 0.717) is 11.9 Å². The van der Waals surface area contributed by atoms with Gasteiger partial charge in [0, 0.05) is 29.3 Å². The van der Waals surface area contributed by atoms with Crippen molar-refractivity contribution in [2.45, 2.75) is 25.9 Å². The molecule has 108 valence electrons. The largest absolute Gasteiger partial charge is 0.383 e. The minimum Gasteiger partial charge on any atom is -0.383 e. The lowest BCUT2D eigenvalue weighted by Crippen LogP contribution is -2.33. The second-order valence-corrected chi connectivity index (χ2v) is 6.07. The van der Waals surface area contributed by atoms with Crippen molar-refractivity contribution in [2.75, 3.05) is 24.8 Å². The maximum atomic E-state index is 6.11. The lowest BCUT2D eigenvalue weighted by Gasteiger charge is -2.27. The predicted molar refractivity (Wildman–Crippen MR) is 90.1 cm³/mol. The Morgan fingerprint density at radius 1 is 1.35 bits per heavy atom. The summed E-state index contributed by atoms with van der Waals surface area (Å²) in [5.74, 6) is 1.79. The van der Waals surface area contributed by atoms with Crippen LogP contribution in [0.15, 0.2) is 30.3 Å². The van der Waals surface area contributed by atoms with Gasteiger partial charge in [-0.15, -0.1) is 0 Å². The number of rotatable bonds is 6. The van der Waals surface area contributed by atoms with Crippen LogP contribution < -0.4 is 5.73 Å². The molecule has 1 unspecified atom stereocenters. The monoisotopic (exact) mass is 289 g/mol. The number of nitrogens with zero attached hydrogens (tertiary/aromatic N) is 2. The number of benzene rings is 1. The number of nitrogen functional groups attached to an aromatic ring is 1. The van der Waals surface area contributed by atoms with Gasteiger partial charge in [0.2, 0.25) is 0 Å². The molecule has 0 amide bonds. The van der Waals surface area contributed by atoms with Crippen LogP contribution in [0.2, 0.25) is 0 Å². The van der Waals surface area contributed by atoms with Crippen LogP contribution >= 0.6 is 11.8 Å². The van der Waals surface area contributed by atoms with E-state index < -0.39 is 0 Å². The first-order valence-electron chi connectivity index (χ1n) is 6.99. The maximum absolute atomic E-state index is 6.11. The van der Waals surface area contributed by atoms with E-state index in [9.17, 15) is 0 Å². The molecule has 0 saturated carbocycles. The number of hydrogen-bond donors (Lipinski definition) is 1. The highest BCUT2D eigenvalue weighted by Gasteiger charge is 2.14. The molecule has 1 aromatic heterocycles. The Labute approximate surface area is 125 Å². The van der Waals surface area contributed by atoms with Gasteiger partial charge < -0.3 is 5.73 Å². The van der Waals surface area contributed by atoms with Crippen LogP contribution in [0, 0.1) is 0 Å². The molecular weight excluding hydrogens is 266 g/mol. The van der Waals surface area contributed by atoms with Gasteiger partial charge in [0.1, 0.15) is 5.82 Å². The van der Waals surface area contributed by atoms with Crippen LogP contribution in [0.5, 0.6) is 0 Å². The van der Waals surface area contributed by atoms with E-state index in [2.05, 4.69) is 42.2 Å². The van der Waals surface area contributed by atoms with Crippen molar-refractivity contribution in [3.8, 4) is 0 Å². The van der Waals surface area contributed by atoms with Gasteiger partial charge in [-0.25, -0.2) is 4.98 Å². The zero-order valence-electron chi connectivity index (χ0n) is 12.5. The van der Waals surface area contributed by atoms with Crippen molar-refractivity contribution in [3.05, 3.63) is 35.9 Å². The zero-order valence-corrected chi connectivity index (χ0v) is 13.3. The normalized spacial score (nSPS) is 13.0. The van der Waals surface area contributed by atoms with Gasteiger partial charge in [-0.1, -0.05) is 25.1 Å². The van der Waals surface area contributed by atoms with Gasteiger partial charge in [-0.2, -0.15) is 11.8 Å². The molecule has 2 aromatic rings. The quantitative estimate of drug-likeness (QED) is 0.885. The average Bonchev–Trinajstić information content (AvgIpc) is 2.45. The van der Waals surface area contributed by atoms with Crippen LogP contribution in [-0.2, 0) is 6.54 Å². The van der Waals surface area contributed by atoms with Crippen molar-refractivity contribution in [3.63, 3.8) is 0 Å². The molecule has 0 aliphatic carbocycles. The summed E-state index contributed by atoms with van der Waals surface area (Å²) >= 11 is 1.89. The Bertz CT molecular complexity index is 571. The van der Waals surface area contributed by atoms with Crippen molar-refractivity contribution in [2.24, 2.45) is 0 Å². The molecule has 0 aliphatic rings. The molecular formula is C16H23N3S. The van der Waals surface area contributed by atoms with E-state index in [-0.39, 0.29) is 0 Å². The fourth-order valence-corrected chi connectivity index (χ4v) is 3.32. The topological polar surface area (TPSA) is 42.2 Å². The van der Waals surface area contributed by atoms with E-state index in [1.165, 1.54) is 0 Å². The molecule has 0 bridgehead atoms. The lowest BCUT2D eigenvalue weighted by molar-refractivity contribution is 0.248. The number of thioether (sulfide) groups is 1. The Kier molecular flexibility index (Phi) is 5.26. The molecule has 0 fully saturated rings. The molecule has 1 atom stereocenters. The summed E-state index contributed by atoms with van der Waals surface area (Å²) in [5.41, 5.74) is 8.19. The van der Waals surface area contributed by atoms with Gasteiger partial charge in [-0.3, -0.25) is 4.90 Å². The number of nitrogens with two attached hydrogens (primary N) is 1. The second kappa shape index (κ2) is 6.95. The Balaban J connectivity index is 2.22. The summed E-state index contributed by atoms with van der Waals surface area (Å²) in [6, 6.07) is 10.9. The summed E-state index contributed by atoms with van der Waals surface area (Å²) in [4.78, 5) is 6.88. The first-order chi connectivity index (χ1) is 9.65. The van der Waals surface area contributed by atoms with E-state index in [1.54, 1.807) is 0 Å². The van der Waals surface area contributed by atoms with Crippen molar-refractivity contribution < 1.29 is 0 Å². The molecule has 0 radical (unpaired) electrons. The van der Waals surface area contributed by atoms with Gasteiger partial charge in [-0.05, 0) is 31.9 Å². The summed E-state index contributed by atoms with van der Waals surface area (Å²) < 4.78 is 0. The van der Waals surface area contributed by atoms with Gasteiger partial charge in [0.05, 0.1) is 5.52 Å². The van der Waals surface area contributed by atoms with Crippen LogP contribution in [0.1, 0.15) is 18.9 Å². The average molecular weight is 289 g/mol. The maximum Gasteiger partial charge on any atom is 0.128 e. The third-order valence-corrected chi connectivity index (χ3v) is 4.43. The van der Waals surface area contributed by atoms with Crippen LogP contribution in [0.25, 0.3) is 10.9 Å². The molecule has 0 spiro atoms. The number of hydrogen-bond acceptors (Lipinski definition) is 4. The highest BCUT2D eigenvalue weighted by molar-refractivity contribution is 7.98. The van der Waals surface area contributed by atoms with Crippen LogP contribution in [0.4, 0.5) is 5.82 Å². The molecule has 2 N–H and O–H groups in total. The number of pyridine rings is 1. The standard InChI is InChI=1S/C16H23N3S/c1-4-14(11-20-3)19(2)10-13-9-12-7-5-6-8-15(12)18-16(13)17/h5-9,14H,4,10-11H2,1-3H3,(H2,17,18). The van der Waals surface area contributed by atoms with Crippen LogP contribution in [0.3, 0.4) is 0 Å². The second-order valence-electron chi connectivity index (χ2n) is 5.16. The van der Waals surface area contributed by atoms with E-state index >= 15 is 0 Å². The van der Waals surface area contributed by atoms with E-state index in [1.807, 2.05) is 30.0 Å². The number of aromatic nitrogens is 1. The van der Waals surface area contributed by atoms with Gasteiger partial charge in [0.25, 0.3) is 0 Å². The van der Waals surface area contributed by atoms with Crippen LogP contribution in [-0.4, -0.2) is 35.0 Å². The molecule has 1 heterocycles. The number of fused-ring (bicyclic) bond motifs is 1. The Morgan fingerprint density at radius 3 is 2.80 bits per heavy atom. The summed E-state index contributed by atoms with van der Waals surface area (Å²) in [7, 11) is 2.17. The molecule has 20 heavy (non-hydrogen) atoms. The van der Waals surface area contributed by atoms with E-state index in [4.69, 9.17) is 5.73 Å². The highest BCUT2D eigenvalue weighted by atomic mass is 32.2. The molecule has 4 heteroatoms. The molecule has 0 saturated heterocycles. The van der Waals surface area contributed by atoms with Crippen molar-refractivity contribution in [1.29, 1.82) is 0 Å². The SMILES string of the molecule is CCC(CSC)N(C)Cc1cc2ccccc2nc1N. The van der Waals surface area contributed by atoms with Gasteiger partial charge in [0.15, 0.2) is 0 Å². The number of para-hydroxylation sites is 1. The fraction of sp³-hybridized carbons (Fsp3) is 0.438. The minimum atomic E-state index is 0.580. The molecule has 3 nitrogen and oxygen atoms in total. The summed E-state index contributed by atoms with van der Waals surface area (Å²) in [5, 5.41) is 1.16. The summed E-state index contributed by atoms with van der Waals surface area (Å²) in [6.07, 6.45) is 3.31. The summed E-state index contributed by atoms with van der Waals surface area (Å²) in [6.45, 7) is 3.09. The first-order valence-corrected chi connectivity index (χ1v) is 8.38. The smallest absolute Gasteiger partial charge is 0.128 e. The van der Waals surface area contributed by atoms with E-state index in [0.717, 1.165) is 35.2 Å². The fourth-order valence-electron chi connectivity index (χ4n) is 2.45. The van der Waals surface area contributed by atoms with Gasteiger partial charge >= 0.3 is 0 Å². The Morgan fingerprint density at radius 2 is 2.10 bits per heavy atom. The predicted octanol–water partition coefficient (Wildman–Crippen LogP) is 3.39. The molecule has 2 rings (SSSR count).